The van der Waals surface area contributed by atoms with Crippen molar-refractivity contribution in [1.82, 2.24) is 16.0 Å². The molecule has 0 aliphatic heterocycles. The van der Waals surface area contributed by atoms with Crippen LogP contribution in [0.1, 0.15) is 136 Å². The van der Waals surface area contributed by atoms with Crippen molar-refractivity contribution in [3.05, 3.63) is 0 Å². The fourth-order valence-electron chi connectivity index (χ4n) is 12.1. The Balaban J connectivity index is 1.68. The van der Waals surface area contributed by atoms with Gasteiger partial charge in [0.1, 0.15) is 0 Å². The van der Waals surface area contributed by atoms with Gasteiger partial charge in [0.05, 0.1) is 18.1 Å². The zero-order chi connectivity index (χ0) is 40.3. The van der Waals surface area contributed by atoms with Crippen LogP contribution in [0.4, 0.5) is 0 Å². The highest BCUT2D eigenvalue weighted by atomic mass is 16.3. The Bertz CT molecular complexity index is 1230. The lowest BCUT2D eigenvalue weighted by Crippen LogP contribution is -2.68. The van der Waals surface area contributed by atoms with Crippen LogP contribution in [0.5, 0.6) is 0 Å². The van der Waals surface area contributed by atoms with Gasteiger partial charge in [0.25, 0.3) is 0 Å². The minimum atomic E-state index is -0.602. The zero-order valence-electron chi connectivity index (χ0n) is 34.6. The van der Waals surface area contributed by atoms with Crippen molar-refractivity contribution in [2.75, 3.05) is 26.2 Å². The van der Waals surface area contributed by atoms with E-state index in [1.165, 1.54) is 0 Å². The van der Waals surface area contributed by atoms with Gasteiger partial charge in [-0.2, -0.15) is 0 Å². The van der Waals surface area contributed by atoms with E-state index in [2.05, 4.69) is 36.7 Å². The molecular weight excluding hydrogens is 695 g/mol. The lowest BCUT2D eigenvalue weighted by molar-refractivity contribution is -0.154. The molecule has 7 unspecified atom stereocenters. The van der Waals surface area contributed by atoms with Gasteiger partial charge >= 0.3 is 0 Å². The van der Waals surface area contributed by atoms with E-state index in [0.717, 1.165) is 96.3 Å². The van der Waals surface area contributed by atoms with Crippen LogP contribution in [0.25, 0.3) is 0 Å². The summed E-state index contributed by atoms with van der Waals surface area (Å²) in [6, 6.07) is -1.89. The van der Waals surface area contributed by atoms with Crippen LogP contribution in [0, 0.1) is 46.3 Å². The molecule has 0 aromatic carbocycles. The van der Waals surface area contributed by atoms with Crippen molar-refractivity contribution < 1.29 is 19.5 Å². The zero-order valence-corrected chi connectivity index (χ0v) is 34.6. The van der Waals surface area contributed by atoms with Crippen LogP contribution in [-0.4, -0.2) is 85.3 Å². The summed E-state index contributed by atoms with van der Waals surface area (Å²) in [4.78, 5) is 41.1. The minimum absolute atomic E-state index is 0.0108. The Morgan fingerprint density at radius 2 is 1.22 bits per heavy atom. The third-order valence-corrected chi connectivity index (χ3v) is 15.4. The van der Waals surface area contributed by atoms with Gasteiger partial charge in [-0.25, -0.2) is 0 Å². The number of unbranched alkanes of at least 4 members (excludes halogenated alkanes) is 3. The van der Waals surface area contributed by atoms with Crippen molar-refractivity contribution in [1.29, 1.82) is 0 Å². The van der Waals surface area contributed by atoms with E-state index in [1.54, 1.807) is 0 Å². The summed E-state index contributed by atoms with van der Waals surface area (Å²) < 4.78 is 0. The van der Waals surface area contributed by atoms with Crippen molar-refractivity contribution in [2.45, 2.75) is 173 Å². The normalized spacial score (nSPS) is 35.0. The first-order valence-electron chi connectivity index (χ1n) is 22.2. The fourth-order valence-corrected chi connectivity index (χ4v) is 12.1. The van der Waals surface area contributed by atoms with Gasteiger partial charge in [0, 0.05) is 24.7 Å². The summed E-state index contributed by atoms with van der Waals surface area (Å²) in [7, 11) is 0. The Morgan fingerprint density at radius 1 is 0.673 bits per heavy atom. The van der Waals surface area contributed by atoms with Crippen molar-refractivity contribution >= 4 is 17.7 Å². The Hall–Kier alpha value is -1.87. The predicted molar refractivity (Wildman–Crippen MR) is 220 cm³/mol. The van der Waals surface area contributed by atoms with Gasteiger partial charge in [-0.3, -0.25) is 14.4 Å². The first-order valence-corrected chi connectivity index (χ1v) is 22.2. The molecule has 0 aromatic heterocycles. The molecule has 55 heavy (non-hydrogen) atoms. The molecule has 14 atom stereocenters. The van der Waals surface area contributed by atoms with Gasteiger partial charge in [-0.05, 0) is 162 Å². The number of hydrogen-bond donors (Lipinski definition) is 10. The van der Waals surface area contributed by atoms with Crippen molar-refractivity contribution in [3.63, 3.8) is 0 Å². The van der Waals surface area contributed by atoms with E-state index >= 15 is 0 Å². The molecular formula is C42H81N9O4. The number of aliphatic hydroxyl groups is 1. The smallest absolute Gasteiger partial charge is 0.237 e. The first kappa shape index (κ1) is 45.8. The molecule has 13 nitrogen and oxygen atoms in total. The molecule has 13 heteroatoms. The van der Waals surface area contributed by atoms with Gasteiger partial charge in [0.15, 0.2) is 0 Å². The number of hydrogen-bond acceptors (Lipinski definition) is 10. The molecule has 4 aliphatic rings. The summed E-state index contributed by atoms with van der Waals surface area (Å²) in [5.41, 5.74) is 36.3. The van der Waals surface area contributed by atoms with Crippen LogP contribution in [0.15, 0.2) is 0 Å². The first-order chi connectivity index (χ1) is 26.3. The number of amides is 3. The van der Waals surface area contributed by atoms with Crippen LogP contribution >= 0.6 is 0 Å². The molecule has 16 N–H and O–H groups in total. The van der Waals surface area contributed by atoms with E-state index in [1.807, 2.05) is 0 Å². The number of carbonyl (C=O) groups excluding carboxylic acids is 3. The Kier molecular flexibility index (Phi) is 17.7. The third kappa shape index (κ3) is 10.8. The largest absolute Gasteiger partial charge is 0.396 e. The van der Waals surface area contributed by atoms with E-state index in [4.69, 9.17) is 34.4 Å². The molecule has 4 aliphatic carbocycles. The van der Waals surface area contributed by atoms with Crippen LogP contribution in [-0.2, 0) is 14.4 Å². The van der Waals surface area contributed by atoms with E-state index in [9.17, 15) is 19.5 Å². The molecule has 0 radical (unpaired) electrons. The molecule has 3 amide bonds. The predicted octanol–water partition coefficient (Wildman–Crippen LogP) is 2.10. The summed E-state index contributed by atoms with van der Waals surface area (Å²) in [6.45, 7) is 9.07. The van der Waals surface area contributed by atoms with Crippen LogP contribution in [0.2, 0.25) is 0 Å². The summed E-state index contributed by atoms with van der Waals surface area (Å²) in [6.07, 6.45) is 14.8. The van der Waals surface area contributed by atoms with Gasteiger partial charge < -0.3 is 55.5 Å². The molecule has 0 saturated heterocycles. The fraction of sp³-hybridized carbons (Fsp3) is 0.929. The van der Waals surface area contributed by atoms with E-state index in [-0.39, 0.29) is 77.0 Å². The van der Waals surface area contributed by atoms with Crippen molar-refractivity contribution in [2.24, 2.45) is 80.7 Å². The molecule has 318 valence electrons. The average molecular weight is 776 g/mol. The van der Waals surface area contributed by atoms with Crippen LogP contribution in [0.3, 0.4) is 0 Å². The van der Waals surface area contributed by atoms with E-state index < -0.39 is 18.1 Å². The Morgan fingerprint density at radius 3 is 1.76 bits per heavy atom. The summed E-state index contributed by atoms with van der Waals surface area (Å²) in [5.74, 6) is 1.41. The Labute approximate surface area is 332 Å². The highest BCUT2D eigenvalue weighted by molar-refractivity contribution is 5.82. The summed E-state index contributed by atoms with van der Waals surface area (Å²) >= 11 is 0. The monoisotopic (exact) mass is 776 g/mol. The lowest BCUT2D eigenvalue weighted by atomic mass is 9.42. The maximum Gasteiger partial charge on any atom is 0.237 e. The van der Waals surface area contributed by atoms with Gasteiger partial charge in [-0.1, -0.05) is 40.0 Å². The maximum atomic E-state index is 13.9. The number of aliphatic hydroxyl groups excluding tert-OH is 1. The number of nitrogens with one attached hydrogen (secondary N) is 3. The molecule has 4 saturated carbocycles. The number of fused-ring (bicyclic) bond motifs is 5. The second-order valence-corrected chi connectivity index (χ2v) is 18.7. The van der Waals surface area contributed by atoms with Crippen molar-refractivity contribution in [3.8, 4) is 0 Å². The molecule has 0 heterocycles. The highest BCUT2D eigenvalue weighted by Crippen LogP contribution is 2.68. The molecule has 4 rings (SSSR count). The number of carbonyl (C=O) groups is 3. The van der Waals surface area contributed by atoms with Crippen LogP contribution < -0.4 is 50.4 Å². The molecule has 0 bridgehead atoms. The SMILES string of the molecule is CC(CCCO)C1CC[C@H]2C3[C@H](NC(=O)[C@@H](N)CCCCN)CC4C[C@H](NC(=O)[C@@H](N)CCCCN)CCC4(C)[C@H]3CC(NC(=O)[C@@H](N)CCCCN)C12C. The van der Waals surface area contributed by atoms with E-state index in [0.29, 0.717) is 50.7 Å². The standard InChI is InChI=1S/C42H81N9O4/c1-26(11-10-22-52)29-15-16-30-37-31(25-36(42(29,30)3)51-40(55)34(48)14-6-9-21-45)41(2)18-17-28(49-38(53)32(46)12-4-7-19-43)23-27(41)24-35(37)50-39(54)33(47)13-5-8-20-44/h26-37,52H,4-25,43-48H2,1-3H3,(H,49,53)(H,50,54)(H,51,55)/t26?,27?,28-,29?,30+,31+,32+,33+,34+,35-,36?,37?,41?,42?/m1/s1. The summed E-state index contributed by atoms with van der Waals surface area (Å²) in [5, 5.41) is 20.2. The van der Waals surface area contributed by atoms with Gasteiger partial charge in [-0.15, -0.1) is 0 Å². The van der Waals surface area contributed by atoms with Gasteiger partial charge in [0.2, 0.25) is 17.7 Å². The maximum absolute atomic E-state index is 13.9. The lowest BCUT2D eigenvalue weighted by Gasteiger charge is -2.65. The number of rotatable bonds is 22. The molecule has 0 spiro atoms. The number of nitrogens with two attached hydrogens (primary N) is 6. The molecule has 0 aromatic rings. The second kappa shape index (κ2) is 21.2. The second-order valence-electron chi connectivity index (χ2n) is 18.7. The average Bonchev–Trinajstić information content (AvgIpc) is 3.52. The quantitative estimate of drug-likeness (QED) is 0.0716. The highest BCUT2D eigenvalue weighted by Gasteiger charge is 2.66. The minimum Gasteiger partial charge on any atom is -0.396 e. The molecule has 4 fully saturated rings. The third-order valence-electron chi connectivity index (χ3n) is 15.4. The topological polar surface area (TPSA) is 264 Å².